The molecule has 2 aromatic heterocycles. The summed E-state index contributed by atoms with van der Waals surface area (Å²) < 4.78 is 30.1. The minimum absolute atomic E-state index is 0.0616. The number of halogens is 2. The molecule has 0 spiro atoms. The van der Waals surface area contributed by atoms with Crippen LogP contribution in [0, 0.1) is 11.6 Å². The number of amides is 1. The van der Waals surface area contributed by atoms with E-state index in [1.54, 1.807) is 12.5 Å². The van der Waals surface area contributed by atoms with Gasteiger partial charge in [-0.15, -0.1) is 0 Å². The van der Waals surface area contributed by atoms with E-state index < -0.39 is 11.6 Å². The van der Waals surface area contributed by atoms with E-state index in [1.165, 1.54) is 23.1 Å². The van der Waals surface area contributed by atoms with Crippen molar-refractivity contribution in [3.63, 3.8) is 0 Å². The summed E-state index contributed by atoms with van der Waals surface area (Å²) in [6, 6.07) is 10.6. The maximum Gasteiger partial charge on any atom is 0.254 e. The third kappa shape index (κ3) is 3.91. The molecular weight excluding hydrogens is 376 g/mol. The van der Waals surface area contributed by atoms with Crippen LogP contribution in [0.4, 0.5) is 8.78 Å². The van der Waals surface area contributed by atoms with Gasteiger partial charge in [0.05, 0.1) is 24.1 Å². The first kappa shape index (κ1) is 18.5. The number of benzene rings is 2. The fraction of sp³-hybridized carbons (Fsp3) is 0.0952. The Morgan fingerprint density at radius 2 is 2.03 bits per heavy atom. The van der Waals surface area contributed by atoms with Crippen LogP contribution < -0.4 is 5.32 Å². The quantitative estimate of drug-likeness (QED) is 0.561. The third-order valence-corrected chi connectivity index (χ3v) is 4.52. The number of hydrogen-bond donors (Lipinski definition) is 1. The molecule has 146 valence electrons. The molecule has 1 atom stereocenters. The molecule has 4 rings (SSSR count). The van der Waals surface area contributed by atoms with E-state index in [0.29, 0.717) is 0 Å². The molecule has 6 nitrogen and oxygen atoms in total. The van der Waals surface area contributed by atoms with Crippen molar-refractivity contribution in [1.82, 2.24) is 24.6 Å². The summed E-state index contributed by atoms with van der Waals surface area (Å²) in [6.07, 6.45) is 7.98. The predicted molar refractivity (Wildman–Crippen MR) is 103 cm³/mol. The highest BCUT2D eigenvalue weighted by molar-refractivity contribution is 5.94. The van der Waals surface area contributed by atoms with Gasteiger partial charge in [0.25, 0.3) is 5.91 Å². The molecule has 0 bridgehead atoms. The highest BCUT2D eigenvalue weighted by Crippen LogP contribution is 2.18. The van der Waals surface area contributed by atoms with Gasteiger partial charge in [0, 0.05) is 30.3 Å². The molecule has 0 fully saturated rings. The normalized spacial score (nSPS) is 12.0. The van der Waals surface area contributed by atoms with Crippen LogP contribution in [0.3, 0.4) is 0 Å². The van der Waals surface area contributed by atoms with E-state index in [0.717, 1.165) is 23.4 Å². The molecule has 0 aliphatic rings. The van der Waals surface area contributed by atoms with Crippen molar-refractivity contribution >= 4 is 5.91 Å². The maximum atomic E-state index is 13.9. The Bertz CT molecular complexity index is 1150. The molecule has 29 heavy (non-hydrogen) atoms. The van der Waals surface area contributed by atoms with Gasteiger partial charge in [0.2, 0.25) is 0 Å². The lowest BCUT2D eigenvalue weighted by atomic mass is 10.1. The van der Waals surface area contributed by atoms with Gasteiger partial charge >= 0.3 is 0 Å². The van der Waals surface area contributed by atoms with Crippen LogP contribution >= 0.6 is 0 Å². The summed E-state index contributed by atoms with van der Waals surface area (Å²) in [4.78, 5) is 16.6. The first-order valence-corrected chi connectivity index (χ1v) is 8.90. The Hall–Kier alpha value is -3.81. The molecule has 1 unspecified atom stereocenters. The molecule has 0 radical (unpaired) electrons. The number of aromatic nitrogens is 4. The Morgan fingerprint density at radius 3 is 2.79 bits per heavy atom. The Kier molecular flexibility index (Phi) is 4.90. The zero-order valence-electron chi connectivity index (χ0n) is 15.5. The number of carbonyl (C=O) groups excluding carboxylic acids is 1. The van der Waals surface area contributed by atoms with Crippen molar-refractivity contribution < 1.29 is 13.6 Å². The smallest absolute Gasteiger partial charge is 0.254 e. The van der Waals surface area contributed by atoms with E-state index in [4.69, 9.17) is 0 Å². The van der Waals surface area contributed by atoms with Gasteiger partial charge in [-0.2, -0.15) is 5.10 Å². The van der Waals surface area contributed by atoms with E-state index in [1.807, 2.05) is 42.0 Å². The summed E-state index contributed by atoms with van der Waals surface area (Å²) >= 11 is 0. The number of nitrogens with one attached hydrogen (secondary N) is 1. The molecule has 0 aliphatic carbocycles. The number of hydrogen-bond acceptors (Lipinski definition) is 3. The molecule has 2 aromatic carbocycles. The number of rotatable bonds is 5. The first-order chi connectivity index (χ1) is 14.0. The largest absolute Gasteiger partial charge is 0.345 e. The summed E-state index contributed by atoms with van der Waals surface area (Å²) in [7, 11) is 0. The van der Waals surface area contributed by atoms with Crippen LogP contribution in [0.1, 0.15) is 28.9 Å². The van der Waals surface area contributed by atoms with E-state index in [-0.39, 0.29) is 23.2 Å². The van der Waals surface area contributed by atoms with Crippen molar-refractivity contribution in [3.05, 3.63) is 96.3 Å². The van der Waals surface area contributed by atoms with Crippen molar-refractivity contribution in [3.8, 4) is 11.4 Å². The van der Waals surface area contributed by atoms with Gasteiger partial charge < -0.3 is 9.88 Å². The van der Waals surface area contributed by atoms with Crippen LogP contribution in [-0.2, 0) is 0 Å². The van der Waals surface area contributed by atoms with Crippen molar-refractivity contribution in [2.75, 3.05) is 0 Å². The highest BCUT2D eigenvalue weighted by atomic mass is 19.1. The zero-order valence-corrected chi connectivity index (χ0v) is 15.5. The summed E-state index contributed by atoms with van der Waals surface area (Å²) in [5.74, 6) is -1.79. The Balaban J connectivity index is 1.50. The molecule has 0 saturated heterocycles. The number of imidazole rings is 1. The molecule has 0 aliphatic heterocycles. The standard InChI is InChI=1S/C21H17F2N5O/c1-14(15-3-2-4-18(9-15)27-8-7-24-13-27)26-21(29)16-11-25-28(12-16)20-6-5-17(22)10-19(20)23/h2-14H,1H3,(H,26,29). The fourth-order valence-corrected chi connectivity index (χ4v) is 2.97. The Labute approximate surface area is 165 Å². The predicted octanol–water partition coefficient (Wildman–Crippen LogP) is 3.83. The topological polar surface area (TPSA) is 64.7 Å². The average Bonchev–Trinajstić information content (AvgIpc) is 3.40. The second-order valence-corrected chi connectivity index (χ2v) is 6.53. The molecule has 0 saturated carbocycles. The molecule has 2 heterocycles. The van der Waals surface area contributed by atoms with Gasteiger partial charge in [0.15, 0.2) is 5.82 Å². The third-order valence-electron chi connectivity index (χ3n) is 4.52. The van der Waals surface area contributed by atoms with Crippen LogP contribution in [0.2, 0.25) is 0 Å². The Morgan fingerprint density at radius 1 is 1.17 bits per heavy atom. The second-order valence-electron chi connectivity index (χ2n) is 6.53. The van der Waals surface area contributed by atoms with Gasteiger partial charge in [0.1, 0.15) is 11.5 Å². The lowest BCUT2D eigenvalue weighted by molar-refractivity contribution is 0.0940. The van der Waals surface area contributed by atoms with Gasteiger partial charge in [-0.25, -0.2) is 18.4 Å². The van der Waals surface area contributed by atoms with Gasteiger partial charge in [-0.1, -0.05) is 12.1 Å². The molecule has 1 amide bonds. The molecular formula is C21H17F2N5O. The minimum atomic E-state index is -0.759. The first-order valence-electron chi connectivity index (χ1n) is 8.90. The lowest BCUT2D eigenvalue weighted by Crippen LogP contribution is -2.26. The lowest BCUT2D eigenvalue weighted by Gasteiger charge is -2.15. The summed E-state index contributed by atoms with van der Waals surface area (Å²) in [6.45, 7) is 1.87. The molecule has 8 heteroatoms. The molecule has 4 aromatic rings. The van der Waals surface area contributed by atoms with Crippen molar-refractivity contribution in [2.24, 2.45) is 0 Å². The number of carbonyl (C=O) groups is 1. The maximum absolute atomic E-state index is 13.9. The highest BCUT2D eigenvalue weighted by Gasteiger charge is 2.15. The zero-order chi connectivity index (χ0) is 20.4. The fourth-order valence-electron chi connectivity index (χ4n) is 2.97. The van der Waals surface area contributed by atoms with Crippen LogP contribution in [0.5, 0.6) is 0 Å². The van der Waals surface area contributed by atoms with Crippen LogP contribution in [0.15, 0.2) is 73.6 Å². The number of nitrogens with zero attached hydrogens (tertiary/aromatic N) is 4. The van der Waals surface area contributed by atoms with Crippen molar-refractivity contribution in [1.29, 1.82) is 0 Å². The minimum Gasteiger partial charge on any atom is -0.345 e. The summed E-state index contributed by atoms with van der Waals surface area (Å²) in [5, 5.41) is 6.91. The van der Waals surface area contributed by atoms with Crippen molar-refractivity contribution in [2.45, 2.75) is 13.0 Å². The van der Waals surface area contributed by atoms with E-state index in [2.05, 4.69) is 15.4 Å². The monoisotopic (exact) mass is 393 g/mol. The van der Waals surface area contributed by atoms with Gasteiger partial charge in [-0.3, -0.25) is 4.79 Å². The van der Waals surface area contributed by atoms with Crippen LogP contribution in [-0.4, -0.2) is 25.2 Å². The van der Waals surface area contributed by atoms with E-state index >= 15 is 0 Å². The van der Waals surface area contributed by atoms with Crippen LogP contribution in [0.25, 0.3) is 11.4 Å². The van der Waals surface area contributed by atoms with Gasteiger partial charge in [-0.05, 0) is 36.8 Å². The SMILES string of the molecule is CC(NC(=O)c1cnn(-c2ccc(F)cc2F)c1)c1cccc(-n2ccnc2)c1. The second kappa shape index (κ2) is 7.67. The summed E-state index contributed by atoms with van der Waals surface area (Å²) in [5.41, 5.74) is 2.18. The van der Waals surface area contributed by atoms with E-state index in [9.17, 15) is 13.6 Å². The average molecular weight is 393 g/mol. The molecule has 1 N–H and O–H groups in total.